The highest BCUT2D eigenvalue weighted by Gasteiger charge is 2.09. The number of hydrogen-bond donors (Lipinski definition) is 0. The van der Waals surface area contributed by atoms with E-state index in [0.29, 0.717) is 23.7 Å². The molecule has 1 rings (SSSR count). The Hall–Kier alpha value is -1.73. The van der Waals surface area contributed by atoms with Crippen LogP contribution in [-0.2, 0) is 4.74 Å². The van der Waals surface area contributed by atoms with E-state index < -0.39 is 0 Å². The number of methoxy groups -OCH3 is 1. The zero-order valence-corrected chi connectivity index (χ0v) is 9.69. The third-order valence-corrected chi connectivity index (χ3v) is 1.99. The van der Waals surface area contributed by atoms with E-state index in [-0.39, 0.29) is 6.29 Å². The Labute approximate surface area is 95.4 Å². The highest BCUT2D eigenvalue weighted by Crippen LogP contribution is 2.28. The molecular weight excluding hydrogens is 206 g/mol. The van der Waals surface area contributed by atoms with Crippen molar-refractivity contribution in [3.8, 4) is 17.6 Å². The van der Waals surface area contributed by atoms with E-state index in [2.05, 4.69) is 0 Å². The minimum Gasteiger partial charge on any atom is -0.493 e. The van der Waals surface area contributed by atoms with Crippen LogP contribution in [0, 0.1) is 11.3 Å². The Kier molecular flexibility index (Phi) is 4.62. The molecule has 0 N–H and O–H groups in total. The summed E-state index contributed by atoms with van der Waals surface area (Å²) in [5.74, 6) is 1.10. The largest absolute Gasteiger partial charge is 0.493 e. The van der Waals surface area contributed by atoms with Gasteiger partial charge in [-0.2, -0.15) is 5.26 Å². The Balaban J connectivity index is 2.84. The lowest BCUT2D eigenvalue weighted by atomic mass is 10.2. The molecule has 0 aliphatic heterocycles. The molecule has 86 valence electrons. The number of rotatable bonds is 5. The summed E-state index contributed by atoms with van der Waals surface area (Å²) < 4.78 is 15.9. The summed E-state index contributed by atoms with van der Waals surface area (Å²) in [6.45, 7) is 4.29. The molecule has 0 amide bonds. The van der Waals surface area contributed by atoms with Crippen molar-refractivity contribution in [3.63, 3.8) is 0 Å². The number of hydrogen-bond acceptors (Lipinski definition) is 4. The second kappa shape index (κ2) is 5.99. The molecule has 0 bridgehead atoms. The van der Waals surface area contributed by atoms with Gasteiger partial charge in [0.05, 0.1) is 18.7 Å². The number of benzene rings is 1. The van der Waals surface area contributed by atoms with E-state index in [0.717, 1.165) is 0 Å². The molecule has 4 nitrogen and oxygen atoms in total. The van der Waals surface area contributed by atoms with Crippen LogP contribution < -0.4 is 9.47 Å². The molecule has 0 aliphatic rings. The smallest absolute Gasteiger partial charge is 0.197 e. The van der Waals surface area contributed by atoms with Gasteiger partial charge in [0, 0.05) is 12.7 Å². The van der Waals surface area contributed by atoms with Crippen molar-refractivity contribution in [2.24, 2.45) is 0 Å². The van der Waals surface area contributed by atoms with Gasteiger partial charge in [-0.05, 0) is 26.0 Å². The Bertz CT molecular complexity index is 384. The second-order valence-electron chi connectivity index (χ2n) is 3.12. The summed E-state index contributed by atoms with van der Waals surface area (Å²) in [6, 6.07) is 7.05. The summed E-state index contributed by atoms with van der Waals surface area (Å²) in [7, 11) is 1.54. The maximum atomic E-state index is 8.74. The standard InChI is InChI=1S/C12H15NO3/c1-4-15-9(2)16-11-6-5-10(8-13)7-12(11)14-3/h5-7,9H,4H2,1-3H3. The molecule has 0 radical (unpaired) electrons. The first-order chi connectivity index (χ1) is 7.71. The summed E-state index contributed by atoms with van der Waals surface area (Å²) in [6.07, 6.45) is -0.341. The summed E-state index contributed by atoms with van der Waals surface area (Å²) in [4.78, 5) is 0. The lowest BCUT2D eigenvalue weighted by molar-refractivity contribution is -0.0623. The third kappa shape index (κ3) is 3.14. The summed E-state index contributed by atoms with van der Waals surface area (Å²) >= 11 is 0. The highest BCUT2D eigenvalue weighted by atomic mass is 16.7. The van der Waals surface area contributed by atoms with Crippen LogP contribution in [0.2, 0.25) is 0 Å². The summed E-state index contributed by atoms with van der Waals surface area (Å²) in [5, 5.41) is 8.74. The fourth-order valence-corrected chi connectivity index (χ4v) is 1.28. The molecule has 4 heteroatoms. The number of nitriles is 1. The van der Waals surface area contributed by atoms with E-state index >= 15 is 0 Å². The van der Waals surface area contributed by atoms with E-state index in [1.807, 2.05) is 13.0 Å². The Morgan fingerprint density at radius 1 is 1.38 bits per heavy atom. The zero-order chi connectivity index (χ0) is 12.0. The maximum Gasteiger partial charge on any atom is 0.197 e. The maximum absolute atomic E-state index is 8.74. The van der Waals surface area contributed by atoms with Gasteiger partial charge in [0.25, 0.3) is 0 Å². The van der Waals surface area contributed by atoms with Crippen molar-refractivity contribution in [2.45, 2.75) is 20.1 Å². The predicted octanol–water partition coefficient (Wildman–Crippen LogP) is 2.33. The Morgan fingerprint density at radius 2 is 2.12 bits per heavy atom. The molecule has 0 fully saturated rings. The van der Waals surface area contributed by atoms with Gasteiger partial charge in [-0.15, -0.1) is 0 Å². The molecule has 1 atom stereocenters. The van der Waals surface area contributed by atoms with Crippen molar-refractivity contribution in [1.29, 1.82) is 5.26 Å². The van der Waals surface area contributed by atoms with Crippen molar-refractivity contribution in [2.75, 3.05) is 13.7 Å². The predicted molar refractivity (Wildman–Crippen MR) is 59.4 cm³/mol. The third-order valence-electron chi connectivity index (χ3n) is 1.99. The average molecular weight is 221 g/mol. The van der Waals surface area contributed by atoms with Crippen LogP contribution in [0.4, 0.5) is 0 Å². The van der Waals surface area contributed by atoms with Gasteiger partial charge >= 0.3 is 0 Å². The van der Waals surface area contributed by atoms with Gasteiger partial charge in [-0.3, -0.25) is 0 Å². The molecule has 0 spiro atoms. The van der Waals surface area contributed by atoms with Crippen molar-refractivity contribution in [1.82, 2.24) is 0 Å². The normalized spacial score (nSPS) is 11.6. The molecule has 0 aliphatic carbocycles. The van der Waals surface area contributed by atoms with E-state index in [1.165, 1.54) is 7.11 Å². The monoisotopic (exact) mass is 221 g/mol. The first kappa shape index (κ1) is 12.3. The van der Waals surface area contributed by atoms with Gasteiger partial charge in [-0.25, -0.2) is 0 Å². The molecule has 1 aromatic carbocycles. The lowest BCUT2D eigenvalue weighted by Crippen LogP contribution is -2.16. The van der Waals surface area contributed by atoms with Crippen LogP contribution >= 0.6 is 0 Å². The quantitative estimate of drug-likeness (QED) is 0.716. The van der Waals surface area contributed by atoms with Gasteiger partial charge in [0.15, 0.2) is 17.8 Å². The number of ether oxygens (including phenoxy) is 3. The summed E-state index contributed by atoms with van der Waals surface area (Å²) in [5.41, 5.74) is 0.535. The minimum absolute atomic E-state index is 0.341. The highest BCUT2D eigenvalue weighted by molar-refractivity contribution is 5.46. The van der Waals surface area contributed by atoms with Crippen LogP contribution in [0.15, 0.2) is 18.2 Å². The fourth-order valence-electron chi connectivity index (χ4n) is 1.28. The van der Waals surface area contributed by atoms with Crippen LogP contribution in [0.25, 0.3) is 0 Å². The van der Waals surface area contributed by atoms with Gasteiger partial charge in [-0.1, -0.05) is 0 Å². The molecule has 16 heavy (non-hydrogen) atoms. The SMILES string of the molecule is CCOC(C)Oc1ccc(C#N)cc1OC. The lowest BCUT2D eigenvalue weighted by Gasteiger charge is -2.16. The Morgan fingerprint density at radius 3 is 2.69 bits per heavy atom. The second-order valence-corrected chi connectivity index (χ2v) is 3.12. The molecule has 0 heterocycles. The van der Waals surface area contributed by atoms with E-state index in [1.54, 1.807) is 25.1 Å². The molecule has 0 aromatic heterocycles. The zero-order valence-electron chi connectivity index (χ0n) is 9.69. The molecule has 0 saturated heterocycles. The van der Waals surface area contributed by atoms with E-state index in [9.17, 15) is 0 Å². The first-order valence-electron chi connectivity index (χ1n) is 5.07. The number of nitrogens with zero attached hydrogens (tertiary/aromatic N) is 1. The average Bonchev–Trinajstić information content (AvgIpc) is 2.30. The molecular formula is C12H15NO3. The molecule has 1 unspecified atom stereocenters. The van der Waals surface area contributed by atoms with Crippen molar-refractivity contribution in [3.05, 3.63) is 23.8 Å². The van der Waals surface area contributed by atoms with Gasteiger partial charge < -0.3 is 14.2 Å². The van der Waals surface area contributed by atoms with Crippen LogP contribution in [0.1, 0.15) is 19.4 Å². The fraction of sp³-hybridized carbons (Fsp3) is 0.417. The van der Waals surface area contributed by atoms with Gasteiger partial charge in [0.1, 0.15) is 0 Å². The van der Waals surface area contributed by atoms with Crippen LogP contribution in [0.5, 0.6) is 11.5 Å². The first-order valence-corrected chi connectivity index (χ1v) is 5.07. The molecule has 0 saturated carbocycles. The topological polar surface area (TPSA) is 51.5 Å². The van der Waals surface area contributed by atoms with Crippen molar-refractivity contribution >= 4 is 0 Å². The van der Waals surface area contributed by atoms with Crippen LogP contribution in [0.3, 0.4) is 0 Å². The van der Waals surface area contributed by atoms with Crippen LogP contribution in [-0.4, -0.2) is 20.0 Å². The minimum atomic E-state index is -0.341. The molecule has 1 aromatic rings. The van der Waals surface area contributed by atoms with Gasteiger partial charge in [0.2, 0.25) is 0 Å². The van der Waals surface area contributed by atoms with E-state index in [4.69, 9.17) is 19.5 Å². The van der Waals surface area contributed by atoms with Crippen molar-refractivity contribution < 1.29 is 14.2 Å².